The summed E-state index contributed by atoms with van der Waals surface area (Å²) in [6.45, 7) is 0. The topological polar surface area (TPSA) is 20.3 Å². The van der Waals surface area contributed by atoms with Crippen molar-refractivity contribution in [2.45, 2.75) is 11.8 Å². The van der Waals surface area contributed by atoms with Crippen molar-refractivity contribution in [1.82, 2.24) is 4.90 Å². The zero-order valence-corrected chi connectivity index (χ0v) is 7.48. The fourth-order valence-corrected chi connectivity index (χ4v) is 2.47. The van der Waals surface area contributed by atoms with E-state index in [1.165, 1.54) is 22.9 Å². The lowest BCUT2D eigenvalue weighted by atomic mass is 10.2. The van der Waals surface area contributed by atoms with Gasteiger partial charge in [0.1, 0.15) is 0 Å². The molecular formula is C8H7F2NOS. The van der Waals surface area contributed by atoms with Crippen LogP contribution in [0.5, 0.6) is 0 Å². The SMILES string of the molecule is O=C1C[C@@H]2SCC(C=C(F)F)=CN12. The molecule has 2 aliphatic heterocycles. The molecule has 5 heteroatoms. The number of allylic oxidation sites excluding steroid dienone is 1. The Morgan fingerprint density at radius 2 is 2.46 bits per heavy atom. The number of halogens is 2. The maximum atomic E-state index is 11.9. The highest BCUT2D eigenvalue weighted by atomic mass is 32.2. The van der Waals surface area contributed by atoms with Crippen LogP contribution in [0.15, 0.2) is 23.9 Å². The Morgan fingerprint density at radius 3 is 3.08 bits per heavy atom. The zero-order valence-electron chi connectivity index (χ0n) is 6.67. The molecule has 0 spiro atoms. The summed E-state index contributed by atoms with van der Waals surface area (Å²) in [5, 5.41) is 0.187. The van der Waals surface area contributed by atoms with E-state index in [2.05, 4.69) is 0 Å². The molecule has 1 saturated heterocycles. The minimum atomic E-state index is -1.71. The van der Waals surface area contributed by atoms with Crippen LogP contribution in [-0.2, 0) is 4.79 Å². The lowest BCUT2D eigenvalue weighted by Gasteiger charge is -2.40. The molecule has 0 bridgehead atoms. The van der Waals surface area contributed by atoms with Gasteiger partial charge in [-0.2, -0.15) is 8.78 Å². The first-order valence-corrected chi connectivity index (χ1v) is 4.88. The first-order chi connectivity index (χ1) is 6.16. The number of carbonyl (C=O) groups excluding carboxylic acids is 1. The van der Waals surface area contributed by atoms with Gasteiger partial charge < -0.3 is 4.90 Å². The largest absolute Gasteiger partial charge is 0.306 e. The molecule has 0 saturated carbocycles. The quantitative estimate of drug-likeness (QED) is 0.607. The molecule has 2 heterocycles. The number of thioether (sulfide) groups is 1. The van der Waals surface area contributed by atoms with E-state index >= 15 is 0 Å². The molecule has 0 N–H and O–H groups in total. The normalized spacial score (nSPS) is 26.0. The van der Waals surface area contributed by atoms with E-state index < -0.39 is 6.08 Å². The number of fused-ring (bicyclic) bond motifs is 1. The summed E-state index contributed by atoms with van der Waals surface area (Å²) in [5.41, 5.74) is 0.509. The molecule has 0 aromatic heterocycles. The number of amides is 1. The Hall–Kier alpha value is -0.840. The fourth-order valence-electron chi connectivity index (χ4n) is 1.32. The monoisotopic (exact) mass is 203 g/mol. The highest BCUT2D eigenvalue weighted by molar-refractivity contribution is 8.00. The van der Waals surface area contributed by atoms with Gasteiger partial charge >= 0.3 is 0 Å². The Morgan fingerprint density at radius 1 is 1.69 bits per heavy atom. The summed E-state index contributed by atoms with van der Waals surface area (Å²) in [6, 6.07) is 0. The van der Waals surface area contributed by atoms with Crippen LogP contribution in [0.1, 0.15) is 6.42 Å². The molecule has 70 valence electrons. The predicted octanol–water partition coefficient (Wildman–Crippen LogP) is 1.96. The Labute approximate surface area is 78.3 Å². The number of nitrogens with zero attached hydrogens (tertiary/aromatic N) is 1. The molecule has 0 aromatic carbocycles. The molecule has 1 amide bonds. The van der Waals surface area contributed by atoms with Crippen LogP contribution in [-0.4, -0.2) is 21.9 Å². The maximum Gasteiger partial charge on any atom is 0.270 e. The van der Waals surface area contributed by atoms with Crippen molar-refractivity contribution < 1.29 is 13.6 Å². The molecule has 2 rings (SSSR count). The molecule has 0 unspecified atom stereocenters. The van der Waals surface area contributed by atoms with Crippen molar-refractivity contribution in [2.24, 2.45) is 0 Å². The van der Waals surface area contributed by atoms with Crippen LogP contribution in [0.3, 0.4) is 0 Å². The van der Waals surface area contributed by atoms with Crippen molar-refractivity contribution in [2.75, 3.05) is 5.75 Å². The third-order valence-corrected chi connectivity index (χ3v) is 3.27. The van der Waals surface area contributed by atoms with Gasteiger partial charge in [0.05, 0.1) is 11.8 Å². The Balaban J connectivity index is 2.14. The van der Waals surface area contributed by atoms with Gasteiger partial charge in [0.15, 0.2) is 0 Å². The molecule has 1 atom stereocenters. The lowest BCUT2D eigenvalue weighted by molar-refractivity contribution is -0.137. The van der Waals surface area contributed by atoms with Gasteiger partial charge in [0.25, 0.3) is 6.08 Å². The number of carbonyl (C=O) groups is 1. The van der Waals surface area contributed by atoms with Crippen molar-refractivity contribution in [3.63, 3.8) is 0 Å². The fraction of sp³-hybridized carbons (Fsp3) is 0.375. The van der Waals surface area contributed by atoms with E-state index in [9.17, 15) is 13.6 Å². The summed E-state index contributed by atoms with van der Waals surface area (Å²) in [7, 11) is 0. The van der Waals surface area contributed by atoms with Crippen LogP contribution in [0.4, 0.5) is 8.78 Å². The minimum absolute atomic E-state index is 0.0161. The summed E-state index contributed by atoms with van der Waals surface area (Å²) in [6.07, 6.45) is 1.16. The first-order valence-electron chi connectivity index (χ1n) is 3.83. The summed E-state index contributed by atoms with van der Waals surface area (Å²) >= 11 is 1.53. The van der Waals surface area contributed by atoms with Gasteiger partial charge in [-0.1, -0.05) is 0 Å². The van der Waals surface area contributed by atoms with Crippen LogP contribution < -0.4 is 0 Å². The van der Waals surface area contributed by atoms with Crippen LogP contribution in [0.25, 0.3) is 0 Å². The van der Waals surface area contributed by atoms with E-state index in [1.807, 2.05) is 0 Å². The van der Waals surface area contributed by atoms with Gasteiger partial charge in [-0.15, -0.1) is 11.8 Å². The second-order valence-electron chi connectivity index (χ2n) is 2.91. The highest BCUT2D eigenvalue weighted by Gasteiger charge is 2.37. The lowest BCUT2D eigenvalue weighted by Crippen LogP contribution is -2.49. The average Bonchev–Trinajstić information content (AvgIpc) is 2.05. The van der Waals surface area contributed by atoms with Crippen molar-refractivity contribution in [3.8, 4) is 0 Å². The van der Waals surface area contributed by atoms with Crippen molar-refractivity contribution in [3.05, 3.63) is 23.9 Å². The summed E-state index contributed by atoms with van der Waals surface area (Å²) in [5.74, 6) is 0.577. The molecule has 0 aliphatic carbocycles. The molecule has 13 heavy (non-hydrogen) atoms. The van der Waals surface area contributed by atoms with E-state index in [0.717, 1.165) is 6.08 Å². The average molecular weight is 203 g/mol. The smallest absolute Gasteiger partial charge is 0.270 e. The molecule has 2 nitrogen and oxygen atoms in total. The van der Waals surface area contributed by atoms with Crippen molar-refractivity contribution in [1.29, 1.82) is 0 Å². The van der Waals surface area contributed by atoms with Gasteiger partial charge in [0.2, 0.25) is 5.91 Å². The zero-order chi connectivity index (χ0) is 9.42. The summed E-state index contributed by atoms with van der Waals surface area (Å²) < 4.78 is 23.7. The molecular weight excluding hydrogens is 196 g/mol. The van der Waals surface area contributed by atoms with Gasteiger partial charge in [-0.05, 0) is 5.57 Å². The second-order valence-corrected chi connectivity index (χ2v) is 4.07. The number of β-lactam (4-membered cyclic amide) rings is 1. The third-order valence-electron chi connectivity index (χ3n) is 1.99. The van der Waals surface area contributed by atoms with Crippen molar-refractivity contribution >= 4 is 17.7 Å². The van der Waals surface area contributed by atoms with E-state index in [0.29, 0.717) is 17.7 Å². The molecule has 0 aromatic rings. The summed E-state index contributed by atoms with van der Waals surface area (Å²) in [4.78, 5) is 12.5. The number of hydrogen-bond acceptors (Lipinski definition) is 2. The van der Waals surface area contributed by atoms with Crippen LogP contribution in [0.2, 0.25) is 0 Å². The van der Waals surface area contributed by atoms with Crippen LogP contribution in [0, 0.1) is 0 Å². The predicted molar refractivity (Wildman–Crippen MR) is 46.1 cm³/mol. The molecule has 1 fully saturated rings. The van der Waals surface area contributed by atoms with Gasteiger partial charge in [-0.3, -0.25) is 4.79 Å². The van der Waals surface area contributed by atoms with Gasteiger partial charge in [-0.25, -0.2) is 0 Å². The van der Waals surface area contributed by atoms with E-state index in [-0.39, 0.29) is 11.3 Å². The maximum absolute atomic E-state index is 11.9. The van der Waals surface area contributed by atoms with Gasteiger partial charge in [0, 0.05) is 18.0 Å². The highest BCUT2D eigenvalue weighted by Crippen LogP contribution is 2.35. The Bertz CT molecular complexity index is 309. The second kappa shape index (κ2) is 3.14. The molecule has 0 radical (unpaired) electrons. The number of rotatable bonds is 1. The van der Waals surface area contributed by atoms with E-state index in [4.69, 9.17) is 0 Å². The van der Waals surface area contributed by atoms with E-state index in [1.54, 1.807) is 0 Å². The standard InChI is InChI=1S/C8H7F2NOS/c9-6(10)1-5-3-11-7(12)2-8(11)13-4-5/h1,3,8H,2,4H2/t8-/m0/s1. The molecule has 2 aliphatic rings. The Kier molecular flexibility index (Phi) is 2.11. The first kappa shape index (κ1) is 8.74. The number of hydrogen-bond donors (Lipinski definition) is 0. The minimum Gasteiger partial charge on any atom is -0.306 e. The van der Waals surface area contributed by atoms with Crippen LogP contribution >= 0.6 is 11.8 Å². The third kappa shape index (κ3) is 1.60.